The van der Waals surface area contributed by atoms with Crippen molar-refractivity contribution in [3.63, 3.8) is 0 Å². The van der Waals surface area contributed by atoms with Gasteiger partial charge in [-0.1, -0.05) is 0 Å². The van der Waals surface area contributed by atoms with Gasteiger partial charge in [-0.3, -0.25) is 14.6 Å². The molecule has 3 rings (SSSR count). The van der Waals surface area contributed by atoms with Crippen molar-refractivity contribution in [2.75, 3.05) is 13.1 Å². The average Bonchev–Trinajstić information content (AvgIpc) is 3.04. The Kier molecular flexibility index (Phi) is 4.64. The predicted molar refractivity (Wildman–Crippen MR) is 87.7 cm³/mol. The molecule has 128 valence electrons. The third kappa shape index (κ3) is 3.64. The summed E-state index contributed by atoms with van der Waals surface area (Å²) in [5, 5.41) is 0. The lowest BCUT2D eigenvalue weighted by Gasteiger charge is -2.32. The van der Waals surface area contributed by atoms with Crippen molar-refractivity contribution in [2.24, 2.45) is 5.92 Å². The Morgan fingerprint density at radius 1 is 1.29 bits per heavy atom. The second-order valence-corrected chi connectivity index (χ2v) is 6.27. The molecule has 0 radical (unpaired) electrons. The van der Waals surface area contributed by atoms with Gasteiger partial charge < -0.3 is 14.5 Å². The van der Waals surface area contributed by atoms with Crippen molar-refractivity contribution in [1.29, 1.82) is 0 Å². The zero-order valence-electron chi connectivity index (χ0n) is 13.6. The molecule has 1 aliphatic heterocycles. The van der Waals surface area contributed by atoms with Gasteiger partial charge in [-0.2, -0.15) is 0 Å². The van der Waals surface area contributed by atoms with Crippen LogP contribution in [-0.4, -0.2) is 43.4 Å². The van der Waals surface area contributed by atoms with Crippen LogP contribution < -0.4 is 11.2 Å². The molecule has 1 fully saturated rings. The molecule has 0 spiro atoms. The lowest BCUT2D eigenvalue weighted by atomic mass is 9.96. The van der Waals surface area contributed by atoms with Gasteiger partial charge in [-0.05, 0) is 25.7 Å². The number of hydrogen-bond donors (Lipinski definition) is 2. The number of carbonyl (C=O) groups excluding carboxylic acids is 1. The van der Waals surface area contributed by atoms with E-state index in [1.807, 2.05) is 12.5 Å². The van der Waals surface area contributed by atoms with E-state index in [1.54, 1.807) is 18.0 Å². The topological polar surface area (TPSA) is 104 Å². The van der Waals surface area contributed by atoms with Gasteiger partial charge in [0.1, 0.15) is 0 Å². The van der Waals surface area contributed by atoms with Crippen LogP contribution in [0.25, 0.3) is 0 Å². The van der Waals surface area contributed by atoms with Gasteiger partial charge in [0, 0.05) is 43.3 Å². The third-order valence-electron chi connectivity index (χ3n) is 4.58. The SMILES string of the molecule is Cc1[nH]c(=O)[nH]c(=O)c1CC(=O)N1CCC(Cn2ccnc2)CC1. The number of H-pyrrole nitrogens is 2. The lowest BCUT2D eigenvalue weighted by Crippen LogP contribution is -2.41. The number of aryl methyl sites for hydroxylation is 1. The van der Waals surface area contributed by atoms with Crippen molar-refractivity contribution in [2.45, 2.75) is 32.7 Å². The Hall–Kier alpha value is -2.64. The van der Waals surface area contributed by atoms with Crippen molar-refractivity contribution in [3.8, 4) is 0 Å². The van der Waals surface area contributed by atoms with Crippen LogP contribution in [-0.2, 0) is 17.8 Å². The molecule has 0 unspecified atom stereocenters. The molecule has 1 aliphatic rings. The first kappa shape index (κ1) is 16.2. The van der Waals surface area contributed by atoms with Crippen LogP contribution in [0.4, 0.5) is 0 Å². The number of likely N-dealkylation sites (tertiary alicyclic amines) is 1. The number of nitrogens with zero attached hydrogens (tertiary/aromatic N) is 3. The van der Waals surface area contributed by atoms with E-state index in [1.165, 1.54) is 0 Å². The molecule has 8 heteroatoms. The van der Waals surface area contributed by atoms with Gasteiger partial charge in [0.05, 0.1) is 12.7 Å². The molecule has 8 nitrogen and oxygen atoms in total. The highest BCUT2D eigenvalue weighted by molar-refractivity contribution is 5.79. The van der Waals surface area contributed by atoms with Gasteiger partial charge >= 0.3 is 5.69 Å². The minimum Gasteiger partial charge on any atom is -0.342 e. The van der Waals surface area contributed by atoms with Gasteiger partial charge in [0.15, 0.2) is 0 Å². The van der Waals surface area contributed by atoms with Crippen LogP contribution in [0.5, 0.6) is 0 Å². The zero-order chi connectivity index (χ0) is 17.1. The standard InChI is InChI=1S/C16H21N5O3/c1-11-13(15(23)19-16(24)18-11)8-14(22)21-5-2-12(3-6-21)9-20-7-4-17-10-20/h4,7,10,12H,2-3,5-6,8-9H2,1H3,(H2,18,19,23,24). The van der Waals surface area contributed by atoms with Crippen LogP contribution in [0.2, 0.25) is 0 Å². The highest BCUT2D eigenvalue weighted by atomic mass is 16.2. The number of imidazole rings is 1. The quantitative estimate of drug-likeness (QED) is 0.826. The maximum atomic E-state index is 12.4. The van der Waals surface area contributed by atoms with E-state index in [0.717, 1.165) is 19.4 Å². The third-order valence-corrected chi connectivity index (χ3v) is 4.58. The summed E-state index contributed by atoms with van der Waals surface area (Å²) in [5.41, 5.74) is -0.249. The van der Waals surface area contributed by atoms with Crippen LogP contribution in [0.15, 0.2) is 28.3 Å². The summed E-state index contributed by atoms with van der Waals surface area (Å²) in [7, 11) is 0. The summed E-state index contributed by atoms with van der Waals surface area (Å²) in [5.74, 6) is 0.457. The van der Waals surface area contributed by atoms with E-state index < -0.39 is 11.2 Å². The summed E-state index contributed by atoms with van der Waals surface area (Å²) < 4.78 is 2.06. The Balaban J connectivity index is 1.58. The normalized spacial score (nSPS) is 15.6. The number of piperidine rings is 1. The number of aromatic amines is 2. The van der Waals surface area contributed by atoms with Crippen LogP contribution in [0.3, 0.4) is 0 Å². The largest absolute Gasteiger partial charge is 0.342 e. The Bertz CT molecular complexity index is 813. The van der Waals surface area contributed by atoms with Crippen LogP contribution in [0.1, 0.15) is 24.1 Å². The molecule has 2 aromatic heterocycles. The molecular formula is C16H21N5O3. The number of rotatable bonds is 4. The summed E-state index contributed by atoms with van der Waals surface area (Å²) >= 11 is 0. The maximum absolute atomic E-state index is 12.4. The second kappa shape index (κ2) is 6.86. The molecule has 0 atom stereocenters. The molecule has 2 aromatic rings. The molecule has 2 N–H and O–H groups in total. The Morgan fingerprint density at radius 2 is 2.04 bits per heavy atom. The molecule has 1 amide bonds. The summed E-state index contributed by atoms with van der Waals surface area (Å²) in [6, 6.07) is 0. The lowest BCUT2D eigenvalue weighted by molar-refractivity contribution is -0.131. The van der Waals surface area contributed by atoms with E-state index in [-0.39, 0.29) is 12.3 Å². The summed E-state index contributed by atoms with van der Waals surface area (Å²) in [6.07, 6.45) is 7.41. The Morgan fingerprint density at radius 3 is 2.67 bits per heavy atom. The van der Waals surface area contributed by atoms with Crippen molar-refractivity contribution in [3.05, 3.63) is 50.8 Å². The minimum absolute atomic E-state index is 0.0180. The van der Waals surface area contributed by atoms with E-state index in [4.69, 9.17) is 0 Å². The highest BCUT2D eigenvalue weighted by Crippen LogP contribution is 2.19. The summed E-state index contributed by atoms with van der Waals surface area (Å²) in [6.45, 7) is 3.94. The number of hydrogen-bond acceptors (Lipinski definition) is 4. The van der Waals surface area contributed by atoms with E-state index in [9.17, 15) is 14.4 Å². The number of amides is 1. The van der Waals surface area contributed by atoms with Crippen molar-refractivity contribution < 1.29 is 4.79 Å². The number of carbonyl (C=O) groups is 1. The fourth-order valence-electron chi connectivity index (χ4n) is 3.16. The van der Waals surface area contributed by atoms with Gasteiger partial charge in [-0.25, -0.2) is 9.78 Å². The number of nitrogens with one attached hydrogen (secondary N) is 2. The Labute approximate surface area is 138 Å². The molecule has 0 saturated carbocycles. The molecule has 0 aliphatic carbocycles. The molecule has 1 saturated heterocycles. The first-order valence-corrected chi connectivity index (χ1v) is 8.08. The van der Waals surface area contributed by atoms with E-state index in [0.29, 0.717) is 30.3 Å². The van der Waals surface area contributed by atoms with Gasteiger partial charge in [-0.15, -0.1) is 0 Å². The molecule has 0 bridgehead atoms. The second-order valence-electron chi connectivity index (χ2n) is 6.27. The van der Waals surface area contributed by atoms with E-state index >= 15 is 0 Å². The smallest absolute Gasteiger partial charge is 0.325 e. The van der Waals surface area contributed by atoms with Gasteiger partial charge in [0.25, 0.3) is 5.56 Å². The fraction of sp³-hybridized carbons (Fsp3) is 0.500. The molecule has 3 heterocycles. The van der Waals surface area contributed by atoms with Gasteiger partial charge in [0.2, 0.25) is 5.91 Å². The first-order chi connectivity index (χ1) is 11.5. The predicted octanol–water partition coefficient (Wildman–Crippen LogP) is 0.0494. The maximum Gasteiger partial charge on any atom is 0.325 e. The average molecular weight is 331 g/mol. The number of aromatic nitrogens is 4. The van der Waals surface area contributed by atoms with Crippen molar-refractivity contribution >= 4 is 5.91 Å². The molecule has 0 aromatic carbocycles. The monoisotopic (exact) mass is 331 g/mol. The fourth-order valence-corrected chi connectivity index (χ4v) is 3.16. The molecular weight excluding hydrogens is 310 g/mol. The molecule has 24 heavy (non-hydrogen) atoms. The zero-order valence-corrected chi connectivity index (χ0v) is 13.6. The minimum atomic E-state index is -0.547. The van der Waals surface area contributed by atoms with E-state index in [2.05, 4.69) is 19.5 Å². The van der Waals surface area contributed by atoms with Crippen LogP contribution >= 0.6 is 0 Å². The first-order valence-electron chi connectivity index (χ1n) is 8.08. The van der Waals surface area contributed by atoms with Crippen molar-refractivity contribution in [1.82, 2.24) is 24.4 Å². The highest BCUT2D eigenvalue weighted by Gasteiger charge is 2.24. The summed E-state index contributed by atoms with van der Waals surface area (Å²) in [4.78, 5) is 46.0. The van der Waals surface area contributed by atoms with Crippen LogP contribution in [0, 0.1) is 12.8 Å².